The molecule has 29 heavy (non-hydrogen) atoms. The Bertz CT molecular complexity index is 1040. The molecule has 2 aromatic heterocycles. The van der Waals surface area contributed by atoms with Crippen molar-refractivity contribution in [3.8, 4) is 0 Å². The third-order valence-electron chi connectivity index (χ3n) is 4.48. The predicted molar refractivity (Wildman–Crippen MR) is 114 cm³/mol. The van der Waals surface area contributed by atoms with E-state index in [1.807, 2.05) is 18.4 Å². The number of aromatic nitrogens is 5. The molecular formula is C20H26N6O2S. The number of amides is 1. The lowest BCUT2D eigenvalue weighted by Gasteiger charge is -2.12. The molecule has 0 unspecified atom stereocenters. The Kier molecular flexibility index (Phi) is 7.03. The van der Waals surface area contributed by atoms with Gasteiger partial charge in [0.2, 0.25) is 5.91 Å². The molecular weight excluding hydrogens is 388 g/mol. The van der Waals surface area contributed by atoms with Gasteiger partial charge in [-0.15, -0.1) is 10.2 Å². The highest BCUT2D eigenvalue weighted by atomic mass is 32.2. The Morgan fingerprint density at radius 3 is 2.79 bits per heavy atom. The van der Waals surface area contributed by atoms with Crippen LogP contribution in [-0.2, 0) is 24.3 Å². The quantitative estimate of drug-likeness (QED) is 0.426. The molecule has 3 aromatic rings. The molecule has 1 amide bonds. The first-order valence-corrected chi connectivity index (χ1v) is 10.9. The summed E-state index contributed by atoms with van der Waals surface area (Å²) in [6.45, 7) is 5.61. The first-order chi connectivity index (χ1) is 14.0. The lowest BCUT2D eigenvalue weighted by molar-refractivity contribution is -0.121. The van der Waals surface area contributed by atoms with Gasteiger partial charge in [-0.25, -0.2) is 4.68 Å². The smallest absolute Gasteiger partial charge is 0.275 e. The molecule has 0 radical (unpaired) electrons. The minimum Gasteiger partial charge on any atom is -0.354 e. The number of carbonyl (C=O) groups is 1. The van der Waals surface area contributed by atoms with E-state index in [2.05, 4.69) is 39.0 Å². The maximum absolute atomic E-state index is 12.4. The Morgan fingerprint density at radius 1 is 1.24 bits per heavy atom. The van der Waals surface area contributed by atoms with Crippen molar-refractivity contribution in [2.24, 2.45) is 5.92 Å². The summed E-state index contributed by atoms with van der Waals surface area (Å²) in [7, 11) is 0. The molecule has 2 heterocycles. The van der Waals surface area contributed by atoms with Crippen LogP contribution in [-0.4, -0.2) is 43.3 Å². The summed E-state index contributed by atoms with van der Waals surface area (Å²) >= 11 is 1.59. The molecule has 0 spiro atoms. The van der Waals surface area contributed by atoms with Gasteiger partial charge in [0, 0.05) is 24.9 Å². The number of rotatable bonds is 9. The molecule has 9 heteroatoms. The van der Waals surface area contributed by atoms with Crippen molar-refractivity contribution >= 4 is 28.4 Å². The van der Waals surface area contributed by atoms with E-state index in [0.717, 1.165) is 35.8 Å². The molecule has 1 N–H and O–H groups in total. The van der Waals surface area contributed by atoms with Gasteiger partial charge in [-0.1, -0.05) is 43.8 Å². The Labute approximate surface area is 173 Å². The van der Waals surface area contributed by atoms with Crippen molar-refractivity contribution < 1.29 is 4.79 Å². The zero-order valence-electron chi connectivity index (χ0n) is 17.0. The van der Waals surface area contributed by atoms with Crippen molar-refractivity contribution in [2.75, 3.05) is 12.8 Å². The highest BCUT2D eigenvalue weighted by molar-refractivity contribution is 7.98. The van der Waals surface area contributed by atoms with E-state index < -0.39 is 0 Å². The Hall–Kier alpha value is -2.68. The SMILES string of the molecule is CSc1nnc(CCCNC(=O)Cn2ncc3ccccc3c2=O)n1CC(C)C. The van der Waals surface area contributed by atoms with Crippen molar-refractivity contribution in [1.82, 2.24) is 29.9 Å². The van der Waals surface area contributed by atoms with Crippen molar-refractivity contribution in [1.29, 1.82) is 0 Å². The zero-order chi connectivity index (χ0) is 20.8. The first-order valence-electron chi connectivity index (χ1n) is 9.67. The molecule has 0 saturated carbocycles. The van der Waals surface area contributed by atoms with E-state index in [1.165, 1.54) is 4.68 Å². The zero-order valence-corrected chi connectivity index (χ0v) is 17.8. The van der Waals surface area contributed by atoms with Gasteiger partial charge >= 0.3 is 0 Å². The average molecular weight is 415 g/mol. The molecule has 8 nitrogen and oxygen atoms in total. The lowest BCUT2D eigenvalue weighted by atomic mass is 10.2. The van der Waals surface area contributed by atoms with Gasteiger partial charge in [0.15, 0.2) is 5.16 Å². The van der Waals surface area contributed by atoms with E-state index in [9.17, 15) is 9.59 Å². The fourth-order valence-electron chi connectivity index (χ4n) is 3.11. The van der Waals surface area contributed by atoms with Crippen LogP contribution in [0, 0.1) is 5.92 Å². The van der Waals surface area contributed by atoms with Gasteiger partial charge in [-0.3, -0.25) is 9.59 Å². The van der Waals surface area contributed by atoms with Crippen LogP contribution in [0.1, 0.15) is 26.1 Å². The van der Waals surface area contributed by atoms with Gasteiger partial charge in [0.25, 0.3) is 5.56 Å². The number of hydrogen-bond donors (Lipinski definition) is 1. The lowest BCUT2D eigenvalue weighted by Crippen LogP contribution is -2.34. The van der Waals surface area contributed by atoms with Gasteiger partial charge in [-0.2, -0.15) is 5.10 Å². The van der Waals surface area contributed by atoms with Crippen LogP contribution in [0.4, 0.5) is 0 Å². The summed E-state index contributed by atoms with van der Waals surface area (Å²) in [4.78, 5) is 24.7. The van der Waals surface area contributed by atoms with Gasteiger partial charge in [0.05, 0.1) is 11.6 Å². The highest BCUT2D eigenvalue weighted by Gasteiger charge is 2.13. The van der Waals surface area contributed by atoms with Crippen LogP contribution in [0.15, 0.2) is 40.4 Å². The fourth-order valence-corrected chi connectivity index (χ4v) is 3.63. The van der Waals surface area contributed by atoms with Crippen molar-refractivity contribution in [3.05, 3.63) is 46.6 Å². The molecule has 0 atom stereocenters. The second kappa shape index (κ2) is 9.69. The maximum Gasteiger partial charge on any atom is 0.275 e. The number of fused-ring (bicyclic) bond motifs is 1. The number of nitrogens with one attached hydrogen (secondary N) is 1. The molecule has 0 aliphatic heterocycles. The van der Waals surface area contributed by atoms with Gasteiger partial charge in [0.1, 0.15) is 12.4 Å². The van der Waals surface area contributed by atoms with Crippen LogP contribution in [0.5, 0.6) is 0 Å². The number of nitrogens with zero attached hydrogens (tertiary/aromatic N) is 5. The van der Waals surface area contributed by atoms with Crippen LogP contribution in [0.25, 0.3) is 10.8 Å². The Morgan fingerprint density at radius 2 is 2.03 bits per heavy atom. The molecule has 1 aromatic carbocycles. The van der Waals surface area contributed by atoms with E-state index in [-0.39, 0.29) is 18.0 Å². The second-order valence-corrected chi connectivity index (χ2v) is 8.03. The highest BCUT2D eigenvalue weighted by Crippen LogP contribution is 2.16. The summed E-state index contributed by atoms with van der Waals surface area (Å²) in [6, 6.07) is 7.22. The van der Waals surface area contributed by atoms with E-state index in [1.54, 1.807) is 30.1 Å². The Balaban J connectivity index is 1.53. The summed E-state index contributed by atoms with van der Waals surface area (Å²) in [5, 5.41) is 17.7. The van der Waals surface area contributed by atoms with E-state index in [0.29, 0.717) is 17.8 Å². The number of carbonyl (C=O) groups excluding carboxylic acids is 1. The number of hydrogen-bond acceptors (Lipinski definition) is 6. The summed E-state index contributed by atoms with van der Waals surface area (Å²) in [5.74, 6) is 1.20. The summed E-state index contributed by atoms with van der Waals surface area (Å²) in [6.07, 6.45) is 5.08. The molecule has 0 saturated heterocycles. The predicted octanol–water partition coefficient (Wildman–Crippen LogP) is 2.11. The van der Waals surface area contributed by atoms with Crippen LogP contribution in [0.2, 0.25) is 0 Å². The molecule has 3 rings (SSSR count). The first kappa shape index (κ1) is 21.0. The van der Waals surface area contributed by atoms with E-state index >= 15 is 0 Å². The number of thioether (sulfide) groups is 1. The molecule has 0 fully saturated rings. The van der Waals surface area contributed by atoms with E-state index in [4.69, 9.17) is 0 Å². The number of aryl methyl sites for hydroxylation is 1. The van der Waals surface area contributed by atoms with Crippen LogP contribution >= 0.6 is 11.8 Å². The molecule has 0 bridgehead atoms. The minimum atomic E-state index is -0.260. The van der Waals surface area contributed by atoms with Crippen molar-refractivity contribution in [3.63, 3.8) is 0 Å². The minimum absolute atomic E-state index is 0.0934. The van der Waals surface area contributed by atoms with Gasteiger partial charge in [-0.05, 0) is 24.7 Å². The largest absolute Gasteiger partial charge is 0.354 e. The summed E-state index contributed by atoms with van der Waals surface area (Å²) in [5.41, 5.74) is -0.260. The second-order valence-electron chi connectivity index (χ2n) is 7.26. The molecule has 0 aliphatic carbocycles. The number of benzene rings is 1. The van der Waals surface area contributed by atoms with Crippen LogP contribution < -0.4 is 10.9 Å². The molecule has 154 valence electrons. The van der Waals surface area contributed by atoms with Crippen LogP contribution in [0.3, 0.4) is 0 Å². The molecule has 0 aliphatic rings. The third-order valence-corrected chi connectivity index (χ3v) is 5.15. The van der Waals surface area contributed by atoms with Gasteiger partial charge < -0.3 is 9.88 Å². The maximum atomic E-state index is 12.4. The van der Waals surface area contributed by atoms with Crippen molar-refractivity contribution in [2.45, 2.75) is 44.9 Å². The fraction of sp³-hybridized carbons (Fsp3) is 0.450. The standard InChI is InChI=1S/C20H26N6O2S/c1-14(2)12-25-17(23-24-20(25)29-3)9-6-10-21-18(27)13-26-19(28)16-8-5-4-7-15(16)11-22-26/h4-5,7-8,11,14H,6,9-10,12-13H2,1-3H3,(H,21,27). The topological polar surface area (TPSA) is 94.7 Å². The monoisotopic (exact) mass is 414 g/mol. The normalized spacial score (nSPS) is 11.3. The third kappa shape index (κ3) is 5.23. The average Bonchev–Trinajstić information content (AvgIpc) is 3.08. The summed E-state index contributed by atoms with van der Waals surface area (Å²) < 4.78 is 3.34.